The fourth-order valence-electron chi connectivity index (χ4n) is 2.19. The number of piperidine rings is 1. The lowest BCUT2D eigenvalue weighted by Crippen LogP contribution is -2.51. The van der Waals surface area contributed by atoms with Crippen molar-refractivity contribution in [2.75, 3.05) is 20.7 Å². The van der Waals surface area contributed by atoms with E-state index in [0.717, 1.165) is 12.8 Å². The summed E-state index contributed by atoms with van der Waals surface area (Å²) in [6, 6.07) is -0.391. The summed E-state index contributed by atoms with van der Waals surface area (Å²) in [6.45, 7) is 4.13. The van der Waals surface area contributed by atoms with Crippen LogP contribution in [0, 0.1) is 0 Å². The zero-order chi connectivity index (χ0) is 14.6. The first kappa shape index (κ1) is 16.4. The van der Waals surface area contributed by atoms with E-state index in [4.69, 9.17) is 0 Å². The van der Waals surface area contributed by atoms with Crippen LogP contribution in [-0.4, -0.2) is 55.8 Å². The number of esters is 1. The molecule has 112 valence electrons. The lowest BCUT2D eigenvalue weighted by atomic mass is 10.0. The van der Waals surface area contributed by atoms with E-state index in [2.05, 4.69) is 4.74 Å². The van der Waals surface area contributed by atoms with Gasteiger partial charge in [-0.3, -0.25) is 4.79 Å². The highest BCUT2D eigenvalue weighted by molar-refractivity contribution is 7.86. The topological polar surface area (TPSA) is 66.9 Å². The smallest absolute Gasteiger partial charge is 0.307 e. The molecule has 0 radical (unpaired) electrons. The minimum Gasteiger partial charge on any atom is -0.469 e. The summed E-state index contributed by atoms with van der Waals surface area (Å²) in [6.07, 6.45) is 2.61. The average molecular weight is 292 g/mol. The van der Waals surface area contributed by atoms with Crippen LogP contribution in [0.4, 0.5) is 0 Å². The molecule has 1 saturated heterocycles. The number of carbonyl (C=O) groups is 1. The molecule has 0 aromatic carbocycles. The molecule has 0 N–H and O–H groups in total. The van der Waals surface area contributed by atoms with E-state index in [1.807, 2.05) is 13.8 Å². The van der Waals surface area contributed by atoms with Crippen molar-refractivity contribution in [1.82, 2.24) is 8.61 Å². The Hall–Kier alpha value is -0.660. The summed E-state index contributed by atoms with van der Waals surface area (Å²) < 4.78 is 32.5. The van der Waals surface area contributed by atoms with Gasteiger partial charge < -0.3 is 4.74 Å². The normalized spacial score (nSPS) is 21.9. The van der Waals surface area contributed by atoms with Crippen LogP contribution in [-0.2, 0) is 19.7 Å². The molecule has 1 rings (SSSR count). The van der Waals surface area contributed by atoms with Crippen molar-refractivity contribution in [2.24, 2.45) is 0 Å². The van der Waals surface area contributed by atoms with Gasteiger partial charge in [-0.05, 0) is 26.7 Å². The molecule has 0 spiro atoms. The Labute approximate surface area is 115 Å². The van der Waals surface area contributed by atoms with Crippen LogP contribution in [0.15, 0.2) is 0 Å². The molecular weight excluding hydrogens is 268 g/mol. The van der Waals surface area contributed by atoms with Gasteiger partial charge in [-0.25, -0.2) is 0 Å². The Bertz CT molecular complexity index is 408. The Morgan fingerprint density at radius 2 is 2.05 bits per heavy atom. The van der Waals surface area contributed by atoms with Crippen molar-refractivity contribution in [3.05, 3.63) is 0 Å². The van der Waals surface area contributed by atoms with E-state index in [1.165, 1.54) is 15.7 Å². The van der Waals surface area contributed by atoms with E-state index in [0.29, 0.717) is 13.0 Å². The first-order valence-electron chi connectivity index (χ1n) is 6.62. The lowest BCUT2D eigenvalue weighted by molar-refractivity contribution is -0.141. The van der Waals surface area contributed by atoms with Gasteiger partial charge in [-0.1, -0.05) is 6.42 Å². The molecule has 1 aliphatic heterocycles. The number of hydrogen-bond donors (Lipinski definition) is 0. The van der Waals surface area contributed by atoms with Gasteiger partial charge in [0.25, 0.3) is 10.2 Å². The summed E-state index contributed by atoms with van der Waals surface area (Å²) >= 11 is 0. The van der Waals surface area contributed by atoms with Crippen molar-refractivity contribution in [1.29, 1.82) is 0 Å². The van der Waals surface area contributed by atoms with E-state index >= 15 is 0 Å². The van der Waals surface area contributed by atoms with Gasteiger partial charge in [0.1, 0.15) is 0 Å². The molecule has 6 nitrogen and oxygen atoms in total. The largest absolute Gasteiger partial charge is 0.469 e. The maximum atomic E-state index is 12.5. The highest BCUT2D eigenvalue weighted by atomic mass is 32.2. The predicted molar refractivity (Wildman–Crippen MR) is 72.8 cm³/mol. The van der Waals surface area contributed by atoms with Crippen LogP contribution in [0.25, 0.3) is 0 Å². The van der Waals surface area contributed by atoms with Gasteiger partial charge in [-0.2, -0.15) is 17.0 Å². The maximum absolute atomic E-state index is 12.5. The standard InChI is InChI=1S/C12H24N2O4S/c1-10(2)13(3)19(16,17)14-8-6-5-7-11(14)9-12(15)18-4/h10-11H,5-9H2,1-4H3. The number of rotatable bonds is 5. The van der Waals surface area contributed by atoms with Gasteiger partial charge >= 0.3 is 5.97 Å². The summed E-state index contributed by atoms with van der Waals surface area (Å²) in [5.74, 6) is -0.362. The first-order valence-corrected chi connectivity index (χ1v) is 8.02. The molecule has 0 saturated carbocycles. The molecule has 0 aromatic rings. The Morgan fingerprint density at radius 1 is 1.42 bits per heavy atom. The highest BCUT2D eigenvalue weighted by Gasteiger charge is 2.36. The number of methoxy groups -OCH3 is 1. The molecule has 1 fully saturated rings. The van der Waals surface area contributed by atoms with Gasteiger partial charge in [0.15, 0.2) is 0 Å². The van der Waals surface area contributed by atoms with Gasteiger partial charge in [-0.15, -0.1) is 0 Å². The van der Waals surface area contributed by atoms with Gasteiger partial charge in [0.05, 0.1) is 13.5 Å². The third-order valence-electron chi connectivity index (χ3n) is 3.59. The van der Waals surface area contributed by atoms with Crippen molar-refractivity contribution >= 4 is 16.2 Å². The fourth-order valence-corrected chi connectivity index (χ4v) is 3.97. The first-order chi connectivity index (χ1) is 8.80. The Balaban J connectivity index is 2.90. The molecule has 19 heavy (non-hydrogen) atoms. The fraction of sp³-hybridized carbons (Fsp3) is 0.917. The van der Waals surface area contributed by atoms with E-state index < -0.39 is 10.2 Å². The van der Waals surface area contributed by atoms with E-state index in [9.17, 15) is 13.2 Å². The highest BCUT2D eigenvalue weighted by Crippen LogP contribution is 2.25. The van der Waals surface area contributed by atoms with Crippen LogP contribution in [0.2, 0.25) is 0 Å². The summed E-state index contributed by atoms with van der Waals surface area (Å²) in [5.41, 5.74) is 0. The SMILES string of the molecule is COC(=O)CC1CCCCN1S(=O)(=O)N(C)C(C)C. The predicted octanol–water partition coefficient (Wildman–Crippen LogP) is 0.989. The van der Waals surface area contributed by atoms with Gasteiger partial charge in [0, 0.05) is 25.7 Å². The van der Waals surface area contributed by atoms with Crippen LogP contribution in [0.1, 0.15) is 39.5 Å². The maximum Gasteiger partial charge on any atom is 0.307 e. The zero-order valence-electron chi connectivity index (χ0n) is 12.1. The third-order valence-corrected chi connectivity index (χ3v) is 5.81. The molecule has 0 aliphatic carbocycles. The third kappa shape index (κ3) is 3.90. The number of carbonyl (C=O) groups excluding carboxylic acids is 1. The minimum absolute atomic E-state index is 0.106. The van der Waals surface area contributed by atoms with Crippen LogP contribution < -0.4 is 0 Å². The van der Waals surface area contributed by atoms with Crippen molar-refractivity contribution in [3.8, 4) is 0 Å². The summed E-state index contributed by atoms with van der Waals surface area (Å²) in [4.78, 5) is 11.4. The van der Waals surface area contributed by atoms with Gasteiger partial charge in [0.2, 0.25) is 0 Å². The summed E-state index contributed by atoms with van der Waals surface area (Å²) in [7, 11) is -0.609. The second-order valence-corrected chi connectivity index (χ2v) is 7.10. The molecule has 1 atom stereocenters. The quantitative estimate of drug-likeness (QED) is 0.709. The molecule has 0 amide bonds. The molecule has 1 heterocycles. The minimum atomic E-state index is -3.51. The van der Waals surface area contributed by atoms with Crippen LogP contribution in [0.5, 0.6) is 0 Å². The lowest BCUT2D eigenvalue weighted by Gasteiger charge is -2.37. The zero-order valence-corrected chi connectivity index (χ0v) is 12.9. The molecule has 0 bridgehead atoms. The second kappa shape index (κ2) is 6.67. The average Bonchev–Trinajstić information content (AvgIpc) is 2.37. The summed E-state index contributed by atoms with van der Waals surface area (Å²) in [5, 5.41) is 0. The Kier molecular flexibility index (Phi) is 5.76. The van der Waals surface area contributed by atoms with E-state index in [-0.39, 0.29) is 24.5 Å². The molecule has 0 aromatic heterocycles. The van der Waals surface area contributed by atoms with Crippen LogP contribution in [0.3, 0.4) is 0 Å². The van der Waals surface area contributed by atoms with Crippen molar-refractivity contribution in [2.45, 2.75) is 51.6 Å². The molecule has 1 aliphatic rings. The number of ether oxygens (including phenoxy) is 1. The molecule has 1 unspecified atom stereocenters. The molecular formula is C12H24N2O4S. The van der Waals surface area contributed by atoms with Crippen LogP contribution >= 0.6 is 0 Å². The van der Waals surface area contributed by atoms with E-state index in [1.54, 1.807) is 7.05 Å². The number of hydrogen-bond acceptors (Lipinski definition) is 4. The second-order valence-electron chi connectivity index (χ2n) is 5.16. The Morgan fingerprint density at radius 3 is 2.58 bits per heavy atom. The molecule has 7 heteroatoms. The number of nitrogens with zero attached hydrogens (tertiary/aromatic N) is 2. The monoisotopic (exact) mass is 292 g/mol. The van der Waals surface area contributed by atoms with Crippen molar-refractivity contribution in [3.63, 3.8) is 0 Å². The van der Waals surface area contributed by atoms with Crippen molar-refractivity contribution < 1.29 is 17.9 Å².